The number of aromatic nitrogens is 2. The number of aryl methyl sites for hydroxylation is 1. The van der Waals surface area contributed by atoms with Gasteiger partial charge in [-0.15, -0.1) is 0 Å². The third-order valence-electron chi connectivity index (χ3n) is 6.37. The molecule has 1 aliphatic rings. The Morgan fingerprint density at radius 2 is 1.95 bits per heavy atom. The van der Waals surface area contributed by atoms with Crippen LogP contribution in [0.4, 0.5) is 18.9 Å². The fourth-order valence-corrected chi connectivity index (χ4v) is 4.59. The molecule has 1 fully saturated rings. The summed E-state index contributed by atoms with van der Waals surface area (Å²) in [5.74, 6) is -0.115. The van der Waals surface area contributed by atoms with Gasteiger partial charge in [-0.2, -0.15) is 18.3 Å². The highest BCUT2D eigenvalue weighted by Crippen LogP contribution is 2.37. The number of nitrogens with zero attached hydrogens (tertiary/aromatic N) is 3. The number of halogens is 4. The maximum atomic E-state index is 13.1. The van der Waals surface area contributed by atoms with Crippen molar-refractivity contribution in [1.82, 2.24) is 14.7 Å². The van der Waals surface area contributed by atoms with Crippen LogP contribution in [0, 0.1) is 0 Å². The van der Waals surface area contributed by atoms with E-state index in [9.17, 15) is 18.0 Å². The average molecular weight is 537 g/mol. The summed E-state index contributed by atoms with van der Waals surface area (Å²) in [6.45, 7) is 3.05. The van der Waals surface area contributed by atoms with E-state index in [1.165, 1.54) is 18.3 Å². The predicted octanol–water partition coefficient (Wildman–Crippen LogP) is 5.50. The zero-order valence-corrected chi connectivity index (χ0v) is 21.3. The molecule has 2 heterocycles. The highest BCUT2D eigenvalue weighted by molar-refractivity contribution is 6.33. The minimum Gasteiger partial charge on any atom is -0.492 e. The van der Waals surface area contributed by atoms with Crippen molar-refractivity contribution in [1.29, 1.82) is 0 Å². The second kappa shape index (κ2) is 11.5. The number of methoxy groups -OCH3 is 1. The van der Waals surface area contributed by atoms with Gasteiger partial charge in [-0.1, -0.05) is 17.7 Å². The van der Waals surface area contributed by atoms with Crippen LogP contribution < -0.4 is 10.1 Å². The Morgan fingerprint density at radius 3 is 2.59 bits per heavy atom. The number of ether oxygens (including phenoxy) is 2. The fourth-order valence-electron chi connectivity index (χ4n) is 4.33. The first-order chi connectivity index (χ1) is 17.7. The number of likely N-dealkylation sites (tertiary alicyclic amines) is 1. The summed E-state index contributed by atoms with van der Waals surface area (Å²) in [4.78, 5) is 15.0. The normalized spacial score (nSPS) is 15.1. The molecular formula is C26H28ClF3N4O3. The van der Waals surface area contributed by atoms with Gasteiger partial charge in [0.2, 0.25) is 0 Å². The molecule has 37 heavy (non-hydrogen) atoms. The van der Waals surface area contributed by atoms with Crippen molar-refractivity contribution in [2.45, 2.75) is 25.1 Å². The number of piperidine rings is 1. The molecule has 1 aromatic heterocycles. The van der Waals surface area contributed by atoms with E-state index in [-0.39, 0.29) is 5.56 Å². The fraction of sp³-hybridized carbons (Fsp3) is 0.385. The molecule has 0 atom stereocenters. The van der Waals surface area contributed by atoms with E-state index in [1.54, 1.807) is 37.0 Å². The summed E-state index contributed by atoms with van der Waals surface area (Å²) in [5.41, 5.74) is 0.576. The summed E-state index contributed by atoms with van der Waals surface area (Å²) >= 11 is 6.40. The van der Waals surface area contributed by atoms with Crippen LogP contribution in [0.3, 0.4) is 0 Å². The van der Waals surface area contributed by atoms with Gasteiger partial charge in [0, 0.05) is 50.6 Å². The van der Waals surface area contributed by atoms with E-state index in [0.717, 1.165) is 44.6 Å². The number of benzene rings is 2. The van der Waals surface area contributed by atoms with Crippen LogP contribution in [0.2, 0.25) is 5.02 Å². The smallest absolute Gasteiger partial charge is 0.416 e. The third-order valence-corrected chi connectivity index (χ3v) is 6.65. The monoisotopic (exact) mass is 536 g/mol. The zero-order valence-electron chi connectivity index (χ0n) is 20.5. The van der Waals surface area contributed by atoms with Gasteiger partial charge in [0.05, 0.1) is 28.6 Å². The SMILES string of the molecule is COC1CCN(CCOc2ccc(NC(=O)c3cccc(C(F)(F)F)c3)cc2-c2c(Cl)cnn2C)CC1. The number of nitrogens with one attached hydrogen (secondary N) is 1. The Kier molecular flexibility index (Phi) is 8.41. The van der Waals surface area contributed by atoms with E-state index >= 15 is 0 Å². The summed E-state index contributed by atoms with van der Waals surface area (Å²) in [6.07, 6.45) is -0.777. The van der Waals surface area contributed by atoms with Gasteiger partial charge in [-0.05, 0) is 49.2 Å². The topological polar surface area (TPSA) is 68.6 Å². The Labute approximate surface area is 218 Å². The lowest BCUT2D eigenvalue weighted by molar-refractivity contribution is -0.137. The Bertz CT molecular complexity index is 1220. The summed E-state index contributed by atoms with van der Waals surface area (Å²) in [5, 5.41) is 7.26. The number of rotatable bonds is 8. The minimum absolute atomic E-state index is 0.104. The number of hydrogen-bond acceptors (Lipinski definition) is 5. The van der Waals surface area contributed by atoms with Gasteiger partial charge in [-0.3, -0.25) is 14.4 Å². The summed E-state index contributed by atoms with van der Waals surface area (Å²) in [7, 11) is 3.47. The molecular weight excluding hydrogens is 509 g/mol. The van der Waals surface area contributed by atoms with Crippen LogP contribution in [0.1, 0.15) is 28.8 Å². The van der Waals surface area contributed by atoms with Gasteiger partial charge < -0.3 is 14.8 Å². The van der Waals surface area contributed by atoms with Crippen molar-refractivity contribution in [3.05, 3.63) is 64.8 Å². The first-order valence-corrected chi connectivity index (χ1v) is 12.2. The maximum Gasteiger partial charge on any atom is 0.416 e. The number of hydrogen-bond donors (Lipinski definition) is 1. The first kappa shape index (κ1) is 27.0. The lowest BCUT2D eigenvalue weighted by Gasteiger charge is -2.31. The molecule has 0 bridgehead atoms. The van der Waals surface area contributed by atoms with Crippen molar-refractivity contribution in [3.63, 3.8) is 0 Å². The Hall–Kier alpha value is -3.08. The number of carbonyl (C=O) groups excluding carboxylic acids is 1. The van der Waals surface area contributed by atoms with Crippen molar-refractivity contribution in [2.24, 2.45) is 7.05 Å². The van der Waals surface area contributed by atoms with Crippen LogP contribution in [0.25, 0.3) is 11.3 Å². The lowest BCUT2D eigenvalue weighted by atomic mass is 10.1. The van der Waals surface area contributed by atoms with Gasteiger partial charge in [0.25, 0.3) is 5.91 Å². The second-order valence-electron chi connectivity index (χ2n) is 8.83. The zero-order chi connectivity index (χ0) is 26.6. The molecule has 2 aromatic carbocycles. The standard InChI is InChI=1S/C26H28ClF3N4O3/c1-33-24(22(27)16-31-33)21-15-19(32-25(35)17-4-3-5-18(14-17)26(28,29)30)6-7-23(21)37-13-12-34-10-8-20(36-2)9-11-34/h3-7,14-16,20H,8-13H2,1-2H3,(H,32,35). The number of alkyl halides is 3. The molecule has 4 rings (SSSR count). The highest BCUT2D eigenvalue weighted by atomic mass is 35.5. The highest BCUT2D eigenvalue weighted by Gasteiger charge is 2.31. The third kappa shape index (κ3) is 6.63. The number of anilines is 1. The van der Waals surface area contributed by atoms with Crippen LogP contribution in [0.15, 0.2) is 48.7 Å². The lowest BCUT2D eigenvalue weighted by Crippen LogP contribution is -2.38. The first-order valence-electron chi connectivity index (χ1n) is 11.8. The van der Waals surface area contributed by atoms with Crippen LogP contribution in [-0.4, -0.2) is 60.0 Å². The number of carbonyl (C=O) groups is 1. The van der Waals surface area contributed by atoms with E-state index in [0.29, 0.717) is 40.4 Å². The molecule has 3 aromatic rings. The van der Waals surface area contributed by atoms with Crippen LogP contribution >= 0.6 is 11.6 Å². The van der Waals surface area contributed by atoms with Crippen molar-refractivity contribution < 1.29 is 27.4 Å². The van der Waals surface area contributed by atoms with Gasteiger partial charge in [0.1, 0.15) is 12.4 Å². The summed E-state index contributed by atoms with van der Waals surface area (Å²) < 4.78 is 52.3. The molecule has 198 valence electrons. The van der Waals surface area contributed by atoms with Crippen LogP contribution in [-0.2, 0) is 18.0 Å². The molecule has 0 unspecified atom stereocenters. The molecule has 0 radical (unpaired) electrons. The Morgan fingerprint density at radius 1 is 1.19 bits per heavy atom. The largest absolute Gasteiger partial charge is 0.492 e. The van der Waals surface area contributed by atoms with Gasteiger partial charge in [-0.25, -0.2) is 0 Å². The molecule has 0 saturated carbocycles. The molecule has 1 N–H and O–H groups in total. The maximum absolute atomic E-state index is 13.1. The van der Waals surface area contributed by atoms with Crippen molar-refractivity contribution in [2.75, 3.05) is 38.7 Å². The van der Waals surface area contributed by atoms with Crippen LogP contribution in [0.5, 0.6) is 5.75 Å². The molecule has 1 saturated heterocycles. The van der Waals surface area contributed by atoms with E-state index < -0.39 is 17.6 Å². The predicted molar refractivity (Wildman–Crippen MR) is 135 cm³/mol. The van der Waals surface area contributed by atoms with Gasteiger partial charge >= 0.3 is 6.18 Å². The van der Waals surface area contributed by atoms with E-state index in [4.69, 9.17) is 21.1 Å². The van der Waals surface area contributed by atoms with E-state index in [2.05, 4.69) is 15.3 Å². The quantitative estimate of drug-likeness (QED) is 0.412. The van der Waals surface area contributed by atoms with Crippen molar-refractivity contribution in [3.8, 4) is 17.0 Å². The average Bonchev–Trinajstić information content (AvgIpc) is 3.22. The second-order valence-corrected chi connectivity index (χ2v) is 9.24. The molecule has 7 nitrogen and oxygen atoms in total. The minimum atomic E-state index is -4.54. The summed E-state index contributed by atoms with van der Waals surface area (Å²) in [6, 6.07) is 9.29. The molecule has 1 amide bonds. The molecule has 0 aliphatic carbocycles. The molecule has 0 spiro atoms. The van der Waals surface area contributed by atoms with Gasteiger partial charge in [0.15, 0.2) is 0 Å². The van der Waals surface area contributed by atoms with Crippen molar-refractivity contribution >= 4 is 23.2 Å². The molecule has 1 aliphatic heterocycles. The van der Waals surface area contributed by atoms with E-state index in [1.807, 2.05) is 0 Å². The Balaban J connectivity index is 1.51. The number of amides is 1. The molecule has 11 heteroatoms.